The molecule has 1 aromatic carbocycles. The Morgan fingerprint density at radius 3 is 2.37 bits per heavy atom. The molecule has 0 bridgehead atoms. The minimum atomic E-state index is 0.224. The lowest BCUT2D eigenvalue weighted by molar-refractivity contribution is 0.407. The fraction of sp³-hybridized carbons (Fsp3) is 0.667. The van der Waals surface area contributed by atoms with Gasteiger partial charge in [0.15, 0.2) is 0 Å². The molecule has 1 aliphatic rings. The Labute approximate surface area is 118 Å². The normalized spacial score (nSPS) is 18.7. The number of benzene rings is 1. The molecule has 0 radical (unpaired) electrons. The SMILES string of the molecule is CNC(CC1CCCC1)c1ccccc1C(C)(C)C. The minimum absolute atomic E-state index is 0.224. The highest BCUT2D eigenvalue weighted by Crippen LogP contribution is 2.36. The smallest absolute Gasteiger partial charge is 0.0323 e. The molecule has 1 saturated carbocycles. The van der Waals surface area contributed by atoms with Crippen molar-refractivity contribution in [3.05, 3.63) is 35.4 Å². The summed E-state index contributed by atoms with van der Waals surface area (Å²) in [7, 11) is 2.11. The lowest BCUT2D eigenvalue weighted by atomic mass is 9.80. The molecule has 1 heteroatoms. The quantitative estimate of drug-likeness (QED) is 0.817. The second-order valence-electron chi connectivity index (χ2n) is 7.06. The highest BCUT2D eigenvalue weighted by molar-refractivity contribution is 5.35. The first kappa shape index (κ1) is 14.6. The van der Waals surface area contributed by atoms with Crippen molar-refractivity contribution >= 4 is 0 Å². The Morgan fingerprint density at radius 2 is 1.79 bits per heavy atom. The van der Waals surface area contributed by atoms with Crippen LogP contribution in [0.1, 0.15) is 70.0 Å². The van der Waals surface area contributed by atoms with E-state index in [0.29, 0.717) is 6.04 Å². The van der Waals surface area contributed by atoms with Gasteiger partial charge in [0.05, 0.1) is 0 Å². The van der Waals surface area contributed by atoms with E-state index < -0.39 is 0 Å². The first-order valence-electron chi connectivity index (χ1n) is 7.79. The van der Waals surface area contributed by atoms with Crippen LogP contribution in [0.2, 0.25) is 0 Å². The molecule has 1 N–H and O–H groups in total. The van der Waals surface area contributed by atoms with Gasteiger partial charge in [0.1, 0.15) is 0 Å². The lowest BCUT2D eigenvalue weighted by Crippen LogP contribution is -2.24. The molecule has 0 heterocycles. The summed E-state index contributed by atoms with van der Waals surface area (Å²) in [5.74, 6) is 0.922. The monoisotopic (exact) mass is 259 g/mol. The van der Waals surface area contributed by atoms with Gasteiger partial charge in [-0.25, -0.2) is 0 Å². The largest absolute Gasteiger partial charge is 0.313 e. The number of nitrogens with one attached hydrogen (secondary N) is 1. The molecule has 1 aromatic rings. The maximum atomic E-state index is 3.56. The van der Waals surface area contributed by atoms with E-state index in [2.05, 4.69) is 57.4 Å². The van der Waals surface area contributed by atoms with Gasteiger partial charge in [-0.2, -0.15) is 0 Å². The van der Waals surface area contributed by atoms with Crippen LogP contribution in [0, 0.1) is 5.92 Å². The van der Waals surface area contributed by atoms with Gasteiger partial charge in [0, 0.05) is 6.04 Å². The van der Waals surface area contributed by atoms with Crippen LogP contribution in [0.5, 0.6) is 0 Å². The fourth-order valence-electron chi connectivity index (χ4n) is 3.46. The van der Waals surface area contributed by atoms with Crippen molar-refractivity contribution in [1.82, 2.24) is 5.32 Å². The van der Waals surface area contributed by atoms with Crippen molar-refractivity contribution in [2.75, 3.05) is 7.05 Å². The van der Waals surface area contributed by atoms with Crippen LogP contribution < -0.4 is 5.32 Å². The standard InChI is InChI=1S/C18H29N/c1-18(2,3)16-12-8-7-11-15(16)17(19-4)13-14-9-5-6-10-14/h7-8,11-12,14,17,19H,5-6,9-10,13H2,1-4H3. The first-order chi connectivity index (χ1) is 9.02. The third-order valence-electron chi connectivity index (χ3n) is 4.54. The Kier molecular flexibility index (Phi) is 4.67. The van der Waals surface area contributed by atoms with Crippen LogP contribution in [-0.4, -0.2) is 7.05 Å². The summed E-state index contributed by atoms with van der Waals surface area (Å²) in [6, 6.07) is 9.49. The van der Waals surface area contributed by atoms with E-state index >= 15 is 0 Å². The average molecular weight is 259 g/mol. The summed E-state index contributed by atoms with van der Waals surface area (Å²) in [5, 5.41) is 3.56. The van der Waals surface area contributed by atoms with Gasteiger partial charge in [-0.1, -0.05) is 70.7 Å². The van der Waals surface area contributed by atoms with Crippen molar-refractivity contribution in [3.8, 4) is 0 Å². The zero-order valence-electron chi connectivity index (χ0n) is 13.0. The molecule has 1 fully saturated rings. The third kappa shape index (κ3) is 3.60. The van der Waals surface area contributed by atoms with Crippen molar-refractivity contribution < 1.29 is 0 Å². The van der Waals surface area contributed by atoms with E-state index in [0.717, 1.165) is 5.92 Å². The molecule has 19 heavy (non-hydrogen) atoms. The summed E-state index contributed by atoms with van der Waals surface area (Å²) in [6.45, 7) is 6.94. The first-order valence-corrected chi connectivity index (χ1v) is 7.79. The molecule has 1 aliphatic carbocycles. The molecule has 106 valence electrons. The van der Waals surface area contributed by atoms with E-state index in [-0.39, 0.29) is 5.41 Å². The predicted molar refractivity (Wildman–Crippen MR) is 83.5 cm³/mol. The molecule has 0 saturated heterocycles. The third-order valence-corrected chi connectivity index (χ3v) is 4.54. The maximum Gasteiger partial charge on any atom is 0.0323 e. The summed E-state index contributed by atoms with van der Waals surface area (Å²) >= 11 is 0. The van der Waals surface area contributed by atoms with Gasteiger partial charge < -0.3 is 5.32 Å². The van der Waals surface area contributed by atoms with Crippen LogP contribution in [0.3, 0.4) is 0 Å². The highest BCUT2D eigenvalue weighted by atomic mass is 14.9. The molecule has 0 aromatic heterocycles. The van der Waals surface area contributed by atoms with E-state index in [1.165, 1.54) is 43.2 Å². The Bertz CT molecular complexity index is 396. The van der Waals surface area contributed by atoms with Gasteiger partial charge >= 0.3 is 0 Å². The molecule has 0 spiro atoms. The molecule has 2 rings (SSSR count). The van der Waals surface area contributed by atoms with E-state index in [1.54, 1.807) is 0 Å². The minimum Gasteiger partial charge on any atom is -0.313 e. The van der Waals surface area contributed by atoms with Crippen LogP contribution in [-0.2, 0) is 5.41 Å². The van der Waals surface area contributed by atoms with Crippen molar-refractivity contribution in [1.29, 1.82) is 0 Å². The van der Waals surface area contributed by atoms with Crippen molar-refractivity contribution in [3.63, 3.8) is 0 Å². The van der Waals surface area contributed by atoms with Crippen LogP contribution in [0.15, 0.2) is 24.3 Å². The van der Waals surface area contributed by atoms with E-state index in [1.807, 2.05) is 0 Å². The second-order valence-corrected chi connectivity index (χ2v) is 7.06. The molecule has 0 aliphatic heterocycles. The van der Waals surface area contributed by atoms with Gasteiger partial charge in [-0.3, -0.25) is 0 Å². The Balaban J connectivity index is 2.22. The number of rotatable bonds is 4. The summed E-state index contributed by atoms with van der Waals surface area (Å²) < 4.78 is 0. The summed E-state index contributed by atoms with van der Waals surface area (Å²) in [4.78, 5) is 0. The van der Waals surface area contributed by atoms with Crippen molar-refractivity contribution in [2.45, 2.75) is 64.3 Å². The highest BCUT2D eigenvalue weighted by Gasteiger charge is 2.25. The Hall–Kier alpha value is -0.820. The molecular formula is C18H29N. The fourth-order valence-corrected chi connectivity index (χ4v) is 3.46. The van der Waals surface area contributed by atoms with E-state index in [4.69, 9.17) is 0 Å². The molecule has 1 unspecified atom stereocenters. The molecular weight excluding hydrogens is 230 g/mol. The van der Waals surface area contributed by atoms with Crippen molar-refractivity contribution in [2.24, 2.45) is 5.92 Å². The van der Waals surface area contributed by atoms with E-state index in [9.17, 15) is 0 Å². The van der Waals surface area contributed by atoms with Gasteiger partial charge in [0.25, 0.3) is 0 Å². The van der Waals surface area contributed by atoms with Gasteiger partial charge in [0.2, 0.25) is 0 Å². The number of hydrogen-bond acceptors (Lipinski definition) is 1. The molecule has 1 nitrogen and oxygen atoms in total. The lowest BCUT2D eigenvalue weighted by Gasteiger charge is -2.28. The zero-order valence-corrected chi connectivity index (χ0v) is 13.0. The second kappa shape index (κ2) is 6.09. The van der Waals surface area contributed by atoms with Gasteiger partial charge in [-0.05, 0) is 35.9 Å². The Morgan fingerprint density at radius 1 is 1.16 bits per heavy atom. The summed E-state index contributed by atoms with van der Waals surface area (Å²) in [6.07, 6.45) is 7.01. The van der Waals surface area contributed by atoms with Crippen LogP contribution in [0.25, 0.3) is 0 Å². The maximum absolute atomic E-state index is 3.56. The van der Waals surface area contributed by atoms with Gasteiger partial charge in [-0.15, -0.1) is 0 Å². The molecule has 0 amide bonds. The zero-order chi connectivity index (χ0) is 13.9. The molecule has 1 atom stereocenters. The topological polar surface area (TPSA) is 12.0 Å². The predicted octanol–water partition coefficient (Wildman–Crippen LogP) is 4.82. The number of hydrogen-bond donors (Lipinski definition) is 1. The van der Waals surface area contributed by atoms with Crippen LogP contribution in [0.4, 0.5) is 0 Å². The summed E-state index contributed by atoms with van der Waals surface area (Å²) in [5.41, 5.74) is 3.22. The average Bonchev–Trinajstić information content (AvgIpc) is 2.88. The van der Waals surface area contributed by atoms with Crippen LogP contribution >= 0.6 is 0 Å².